The standard InChI is InChI=1S/C13H17ClFN/c1-3-13-10(6-8(2)16-13)9-4-5-11(14)12(15)7-9/h4-5,7-8,10,13,16H,3,6H2,1-2H3. The van der Waals surface area contributed by atoms with Gasteiger partial charge < -0.3 is 5.32 Å². The van der Waals surface area contributed by atoms with Gasteiger partial charge in [-0.1, -0.05) is 24.6 Å². The molecule has 1 saturated heterocycles. The van der Waals surface area contributed by atoms with Gasteiger partial charge in [0.15, 0.2) is 0 Å². The number of hydrogen-bond acceptors (Lipinski definition) is 1. The van der Waals surface area contributed by atoms with Crippen LogP contribution in [0.2, 0.25) is 5.02 Å². The van der Waals surface area contributed by atoms with E-state index in [4.69, 9.17) is 11.6 Å². The normalized spacial score (nSPS) is 29.6. The van der Waals surface area contributed by atoms with E-state index >= 15 is 0 Å². The Morgan fingerprint density at radius 1 is 1.50 bits per heavy atom. The zero-order valence-corrected chi connectivity index (χ0v) is 10.4. The molecule has 3 unspecified atom stereocenters. The van der Waals surface area contributed by atoms with Crippen LogP contribution in [0.1, 0.15) is 38.2 Å². The monoisotopic (exact) mass is 241 g/mol. The minimum atomic E-state index is -0.312. The largest absolute Gasteiger partial charge is 0.311 e. The van der Waals surface area contributed by atoms with Gasteiger partial charge in [-0.2, -0.15) is 0 Å². The minimum Gasteiger partial charge on any atom is -0.311 e. The van der Waals surface area contributed by atoms with Crippen molar-refractivity contribution in [2.75, 3.05) is 0 Å². The second-order valence-electron chi connectivity index (χ2n) is 4.60. The second kappa shape index (κ2) is 4.72. The second-order valence-corrected chi connectivity index (χ2v) is 5.01. The quantitative estimate of drug-likeness (QED) is 0.832. The van der Waals surface area contributed by atoms with Crippen molar-refractivity contribution in [2.24, 2.45) is 0 Å². The van der Waals surface area contributed by atoms with Crippen LogP contribution in [-0.4, -0.2) is 12.1 Å². The van der Waals surface area contributed by atoms with Gasteiger partial charge in [-0.25, -0.2) is 4.39 Å². The average molecular weight is 242 g/mol. The Morgan fingerprint density at radius 3 is 2.88 bits per heavy atom. The van der Waals surface area contributed by atoms with Crippen molar-refractivity contribution < 1.29 is 4.39 Å². The molecule has 1 aliphatic rings. The lowest BCUT2D eigenvalue weighted by Gasteiger charge is -2.18. The zero-order valence-electron chi connectivity index (χ0n) is 9.63. The minimum absolute atomic E-state index is 0.204. The highest BCUT2D eigenvalue weighted by Crippen LogP contribution is 2.33. The van der Waals surface area contributed by atoms with E-state index in [1.807, 2.05) is 6.07 Å². The number of rotatable bonds is 2. The molecule has 16 heavy (non-hydrogen) atoms. The smallest absolute Gasteiger partial charge is 0.142 e. The van der Waals surface area contributed by atoms with Crippen molar-refractivity contribution in [1.82, 2.24) is 5.32 Å². The van der Waals surface area contributed by atoms with E-state index in [2.05, 4.69) is 19.2 Å². The molecule has 0 amide bonds. The maximum absolute atomic E-state index is 13.4. The van der Waals surface area contributed by atoms with Crippen LogP contribution in [0.15, 0.2) is 18.2 Å². The Bertz CT molecular complexity index is 380. The van der Waals surface area contributed by atoms with Crippen molar-refractivity contribution in [3.63, 3.8) is 0 Å². The van der Waals surface area contributed by atoms with E-state index in [0.29, 0.717) is 18.0 Å². The summed E-state index contributed by atoms with van der Waals surface area (Å²) in [6, 6.07) is 6.14. The first kappa shape index (κ1) is 11.9. The van der Waals surface area contributed by atoms with Crippen LogP contribution >= 0.6 is 11.6 Å². The van der Waals surface area contributed by atoms with Gasteiger partial charge >= 0.3 is 0 Å². The van der Waals surface area contributed by atoms with E-state index in [1.54, 1.807) is 12.1 Å². The van der Waals surface area contributed by atoms with Crippen molar-refractivity contribution in [2.45, 2.75) is 44.7 Å². The highest BCUT2D eigenvalue weighted by Gasteiger charge is 2.31. The molecule has 0 aliphatic carbocycles. The van der Waals surface area contributed by atoms with Gasteiger partial charge in [0, 0.05) is 18.0 Å². The van der Waals surface area contributed by atoms with Crippen LogP contribution in [0, 0.1) is 5.82 Å². The molecule has 88 valence electrons. The van der Waals surface area contributed by atoms with Gasteiger partial charge in [-0.15, -0.1) is 0 Å². The molecule has 0 radical (unpaired) electrons. The van der Waals surface area contributed by atoms with Crippen LogP contribution < -0.4 is 5.32 Å². The topological polar surface area (TPSA) is 12.0 Å². The molecule has 0 bridgehead atoms. The highest BCUT2D eigenvalue weighted by molar-refractivity contribution is 6.30. The molecule has 1 N–H and O–H groups in total. The van der Waals surface area contributed by atoms with Crippen LogP contribution in [0.3, 0.4) is 0 Å². The molecule has 3 heteroatoms. The van der Waals surface area contributed by atoms with E-state index < -0.39 is 0 Å². The number of nitrogens with one attached hydrogen (secondary N) is 1. The van der Waals surface area contributed by atoms with Crippen LogP contribution in [0.4, 0.5) is 4.39 Å². The molecule has 1 aromatic rings. The summed E-state index contributed by atoms with van der Waals surface area (Å²) in [6.45, 7) is 4.34. The molecule has 3 atom stereocenters. The van der Waals surface area contributed by atoms with Crippen molar-refractivity contribution in [3.8, 4) is 0 Å². The summed E-state index contributed by atoms with van der Waals surface area (Å²) in [5, 5.41) is 3.74. The Balaban J connectivity index is 2.26. The van der Waals surface area contributed by atoms with E-state index in [-0.39, 0.29) is 10.8 Å². The molecule has 0 spiro atoms. The molecule has 1 aliphatic heterocycles. The molecule has 1 nitrogen and oxygen atoms in total. The van der Waals surface area contributed by atoms with Crippen molar-refractivity contribution in [3.05, 3.63) is 34.6 Å². The summed E-state index contributed by atoms with van der Waals surface area (Å²) in [7, 11) is 0. The molecule has 1 aromatic carbocycles. The van der Waals surface area contributed by atoms with Crippen molar-refractivity contribution in [1.29, 1.82) is 0 Å². The third-order valence-corrected chi connectivity index (χ3v) is 3.71. The zero-order chi connectivity index (χ0) is 11.7. The van der Waals surface area contributed by atoms with E-state index in [9.17, 15) is 4.39 Å². The van der Waals surface area contributed by atoms with Gasteiger partial charge in [0.2, 0.25) is 0 Å². The first-order valence-electron chi connectivity index (χ1n) is 5.82. The Morgan fingerprint density at radius 2 is 2.25 bits per heavy atom. The molecule has 2 rings (SSSR count). The molecular formula is C13H17ClFN. The fourth-order valence-corrected chi connectivity index (χ4v) is 2.73. The van der Waals surface area contributed by atoms with Gasteiger partial charge in [-0.3, -0.25) is 0 Å². The summed E-state index contributed by atoms with van der Waals surface area (Å²) in [6.07, 6.45) is 2.14. The Kier molecular flexibility index (Phi) is 3.50. The third-order valence-electron chi connectivity index (χ3n) is 3.40. The molecule has 0 saturated carbocycles. The van der Waals surface area contributed by atoms with Gasteiger partial charge in [0.05, 0.1) is 5.02 Å². The lowest BCUT2D eigenvalue weighted by molar-refractivity contribution is 0.515. The Hall–Kier alpha value is -0.600. The SMILES string of the molecule is CCC1NC(C)CC1c1ccc(Cl)c(F)c1. The third kappa shape index (κ3) is 2.23. The van der Waals surface area contributed by atoms with Crippen LogP contribution in [0.5, 0.6) is 0 Å². The maximum Gasteiger partial charge on any atom is 0.142 e. The summed E-state index contributed by atoms with van der Waals surface area (Å²) in [5.74, 6) is 0.0975. The molecule has 0 aromatic heterocycles. The van der Waals surface area contributed by atoms with E-state index in [1.165, 1.54) is 0 Å². The summed E-state index contributed by atoms with van der Waals surface area (Å²) < 4.78 is 13.4. The summed E-state index contributed by atoms with van der Waals surface area (Å²) in [5.41, 5.74) is 1.06. The fourth-order valence-electron chi connectivity index (χ4n) is 2.61. The summed E-state index contributed by atoms with van der Waals surface area (Å²) in [4.78, 5) is 0. The van der Waals surface area contributed by atoms with Crippen molar-refractivity contribution >= 4 is 11.6 Å². The predicted molar refractivity (Wildman–Crippen MR) is 65.4 cm³/mol. The van der Waals surface area contributed by atoms with Gasteiger partial charge in [0.25, 0.3) is 0 Å². The molecule has 1 heterocycles. The average Bonchev–Trinajstić information content (AvgIpc) is 2.63. The first-order valence-corrected chi connectivity index (χ1v) is 6.20. The lowest BCUT2D eigenvalue weighted by atomic mass is 9.90. The number of halogens is 2. The van der Waals surface area contributed by atoms with Crippen LogP contribution in [0.25, 0.3) is 0 Å². The molecular weight excluding hydrogens is 225 g/mol. The lowest BCUT2D eigenvalue weighted by Crippen LogP contribution is -2.28. The highest BCUT2D eigenvalue weighted by atomic mass is 35.5. The van der Waals surface area contributed by atoms with Gasteiger partial charge in [-0.05, 0) is 37.5 Å². The first-order chi connectivity index (χ1) is 7.61. The molecule has 1 fully saturated rings. The van der Waals surface area contributed by atoms with E-state index in [0.717, 1.165) is 18.4 Å². The Labute approximate surface area is 101 Å². The maximum atomic E-state index is 13.4. The number of benzene rings is 1. The fraction of sp³-hybridized carbons (Fsp3) is 0.538. The van der Waals surface area contributed by atoms with Gasteiger partial charge in [0.1, 0.15) is 5.82 Å². The summed E-state index contributed by atoms with van der Waals surface area (Å²) >= 11 is 5.70. The predicted octanol–water partition coefficient (Wildman–Crippen LogP) is 3.72. The number of hydrogen-bond donors (Lipinski definition) is 1. The van der Waals surface area contributed by atoms with Crippen LogP contribution in [-0.2, 0) is 0 Å².